The summed E-state index contributed by atoms with van der Waals surface area (Å²) in [5.74, 6) is 0. The molecule has 1 rings (SSSR count). The van der Waals surface area contributed by atoms with Crippen LogP contribution < -0.4 is 5.73 Å². The van der Waals surface area contributed by atoms with Crippen molar-refractivity contribution in [3.63, 3.8) is 0 Å². The molecule has 0 aliphatic carbocycles. The standard InChI is InChI=1S/C11H17N3O.ClH/c12-7-3-1-2-4-11(14-15)10-5-8-13-9-6-10;/h5-6,8-9,15H,1-4,7,12H2;1H/b14-11+;. The minimum Gasteiger partial charge on any atom is -0.411 e. The van der Waals surface area contributed by atoms with Gasteiger partial charge in [-0.25, -0.2) is 0 Å². The molecule has 0 aromatic carbocycles. The Morgan fingerprint density at radius 3 is 2.50 bits per heavy atom. The lowest BCUT2D eigenvalue weighted by atomic mass is 10.1. The smallest absolute Gasteiger partial charge is 0.0868 e. The summed E-state index contributed by atoms with van der Waals surface area (Å²) < 4.78 is 0. The highest BCUT2D eigenvalue weighted by Gasteiger charge is 2.03. The lowest BCUT2D eigenvalue weighted by Crippen LogP contribution is -2.02. The Morgan fingerprint density at radius 2 is 1.94 bits per heavy atom. The van der Waals surface area contributed by atoms with E-state index in [2.05, 4.69) is 10.1 Å². The topological polar surface area (TPSA) is 71.5 Å². The Balaban J connectivity index is 0.00000225. The molecule has 0 saturated heterocycles. The molecule has 1 aromatic rings. The van der Waals surface area contributed by atoms with Gasteiger partial charge in [-0.05, 0) is 37.9 Å². The SMILES string of the molecule is Cl.NCCCCC/C(=N\O)c1ccncc1. The number of aromatic nitrogens is 1. The molecule has 1 aromatic heterocycles. The van der Waals surface area contributed by atoms with E-state index < -0.39 is 0 Å². The van der Waals surface area contributed by atoms with Crippen LogP contribution in [-0.4, -0.2) is 22.4 Å². The van der Waals surface area contributed by atoms with Gasteiger partial charge < -0.3 is 10.9 Å². The molecule has 1 heterocycles. The first-order valence-corrected chi connectivity index (χ1v) is 5.20. The average molecular weight is 244 g/mol. The van der Waals surface area contributed by atoms with E-state index in [1.807, 2.05) is 12.1 Å². The monoisotopic (exact) mass is 243 g/mol. The predicted octanol–water partition coefficient (Wildman–Crippen LogP) is 2.20. The zero-order chi connectivity index (χ0) is 10.9. The third-order valence-electron chi connectivity index (χ3n) is 2.25. The Kier molecular flexibility index (Phi) is 8.48. The van der Waals surface area contributed by atoms with Gasteiger partial charge in [-0.1, -0.05) is 11.6 Å². The predicted molar refractivity (Wildman–Crippen MR) is 67.3 cm³/mol. The normalized spacial score (nSPS) is 10.9. The molecule has 0 aliphatic heterocycles. The van der Waals surface area contributed by atoms with Crippen molar-refractivity contribution in [3.8, 4) is 0 Å². The van der Waals surface area contributed by atoms with Crippen LogP contribution in [0.2, 0.25) is 0 Å². The molecule has 0 spiro atoms. The second kappa shape index (κ2) is 9.12. The van der Waals surface area contributed by atoms with Crippen molar-refractivity contribution in [1.82, 2.24) is 4.98 Å². The largest absolute Gasteiger partial charge is 0.411 e. The quantitative estimate of drug-likeness (QED) is 0.348. The zero-order valence-corrected chi connectivity index (χ0v) is 9.99. The van der Waals surface area contributed by atoms with Gasteiger partial charge in [0.2, 0.25) is 0 Å². The van der Waals surface area contributed by atoms with E-state index >= 15 is 0 Å². The van der Waals surface area contributed by atoms with Gasteiger partial charge in [-0.3, -0.25) is 4.98 Å². The highest BCUT2D eigenvalue weighted by atomic mass is 35.5. The third kappa shape index (κ3) is 5.09. The maximum atomic E-state index is 8.88. The van der Waals surface area contributed by atoms with Crippen LogP contribution in [0.4, 0.5) is 0 Å². The van der Waals surface area contributed by atoms with Crippen molar-refractivity contribution in [2.24, 2.45) is 10.9 Å². The number of nitrogens with zero attached hydrogens (tertiary/aromatic N) is 2. The van der Waals surface area contributed by atoms with E-state index in [0.29, 0.717) is 0 Å². The Morgan fingerprint density at radius 1 is 1.25 bits per heavy atom. The number of rotatable bonds is 6. The molecule has 0 radical (unpaired) electrons. The fourth-order valence-electron chi connectivity index (χ4n) is 1.41. The minimum absolute atomic E-state index is 0. The fourth-order valence-corrected chi connectivity index (χ4v) is 1.41. The molecule has 0 unspecified atom stereocenters. The summed E-state index contributed by atoms with van der Waals surface area (Å²) in [6.45, 7) is 0.723. The van der Waals surface area contributed by atoms with Gasteiger partial charge in [0.1, 0.15) is 0 Å². The van der Waals surface area contributed by atoms with Crippen LogP contribution in [0.15, 0.2) is 29.7 Å². The van der Waals surface area contributed by atoms with E-state index in [0.717, 1.165) is 43.5 Å². The maximum absolute atomic E-state index is 8.88. The van der Waals surface area contributed by atoms with Crippen molar-refractivity contribution in [2.75, 3.05) is 6.54 Å². The molecule has 5 heteroatoms. The minimum atomic E-state index is 0. The van der Waals surface area contributed by atoms with Crippen LogP contribution in [0.5, 0.6) is 0 Å². The highest BCUT2D eigenvalue weighted by molar-refractivity contribution is 5.99. The second-order valence-corrected chi connectivity index (χ2v) is 3.38. The van der Waals surface area contributed by atoms with Gasteiger partial charge in [0.15, 0.2) is 0 Å². The van der Waals surface area contributed by atoms with Gasteiger partial charge in [-0.15, -0.1) is 12.4 Å². The maximum Gasteiger partial charge on any atom is 0.0868 e. The van der Waals surface area contributed by atoms with Crippen molar-refractivity contribution < 1.29 is 5.21 Å². The molecule has 4 nitrogen and oxygen atoms in total. The molecule has 16 heavy (non-hydrogen) atoms. The van der Waals surface area contributed by atoms with Crippen molar-refractivity contribution in [3.05, 3.63) is 30.1 Å². The number of hydrogen-bond donors (Lipinski definition) is 2. The van der Waals surface area contributed by atoms with Crippen LogP contribution in [0.25, 0.3) is 0 Å². The number of oxime groups is 1. The number of halogens is 1. The first-order valence-electron chi connectivity index (χ1n) is 5.20. The Labute approximate surface area is 102 Å². The van der Waals surface area contributed by atoms with Crippen LogP contribution >= 0.6 is 12.4 Å². The van der Waals surface area contributed by atoms with E-state index in [1.165, 1.54) is 0 Å². The van der Waals surface area contributed by atoms with E-state index in [1.54, 1.807) is 12.4 Å². The van der Waals surface area contributed by atoms with E-state index in [4.69, 9.17) is 10.9 Å². The summed E-state index contributed by atoms with van der Waals surface area (Å²) >= 11 is 0. The highest BCUT2D eigenvalue weighted by Crippen LogP contribution is 2.07. The van der Waals surface area contributed by atoms with Crippen molar-refractivity contribution >= 4 is 18.1 Å². The number of nitrogens with two attached hydrogens (primary N) is 1. The molecule has 3 N–H and O–H groups in total. The van der Waals surface area contributed by atoms with Gasteiger partial charge in [-0.2, -0.15) is 0 Å². The summed E-state index contributed by atoms with van der Waals surface area (Å²) in [5.41, 5.74) is 7.05. The van der Waals surface area contributed by atoms with E-state index in [9.17, 15) is 0 Å². The molecule has 0 bridgehead atoms. The molecule has 0 amide bonds. The van der Waals surface area contributed by atoms with Crippen LogP contribution in [0.3, 0.4) is 0 Å². The zero-order valence-electron chi connectivity index (χ0n) is 9.17. The second-order valence-electron chi connectivity index (χ2n) is 3.38. The first kappa shape index (κ1) is 14.9. The molecule has 0 atom stereocenters. The molecule has 0 saturated carbocycles. The molecule has 90 valence electrons. The summed E-state index contributed by atoms with van der Waals surface area (Å²) in [4.78, 5) is 3.92. The molecule has 0 fully saturated rings. The third-order valence-corrected chi connectivity index (χ3v) is 2.25. The Hall–Kier alpha value is -1.13. The van der Waals surface area contributed by atoms with Gasteiger partial charge in [0.25, 0.3) is 0 Å². The Bertz CT molecular complexity index is 303. The molecular formula is C11H18ClN3O. The van der Waals surface area contributed by atoms with Gasteiger partial charge >= 0.3 is 0 Å². The van der Waals surface area contributed by atoms with Gasteiger partial charge in [0, 0.05) is 18.0 Å². The average Bonchev–Trinajstić information content (AvgIpc) is 2.30. The first-order chi connectivity index (χ1) is 7.38. The van der Waals surface area contributed by atoms with Crippen LogP contribution in [0, 0.1) is 0 Å². The summed E-state index contributed by atoms with van der Waals surface area (Å²) in [6, 6.07) is 3.69. The number of unbranched alkanes of at least 4 members (excludes halogenated alkanes) is 2. The number of hydrogen-bond acceptors (Lipinski definition) is 4. The summed E-state index contributed by atoms with van der Waals surface area (Å²) in [7, 11) is 0. The number of pyridine rings is 1. The summed E-state index contributed by atoms with van der Waals surface area (Å²) in [5, 5.41) is 12.2. The van der Waals surface area contributed by atoms with Gasteiger partial charge in [0.05, 0.1) is 5.71 Å². The van der Waals surface area contributed by atoms with Crippen molar-refractivity contribution in [1.29, 1.82) is 0 Å². The van der Waals surface area contributed by atoms with Crippen molar-refractivity contribution in [2.45, 2.75) is 25.7 Å². The lowest BCUT2D eigenvalue weighted by molar-refractivity contribution is 0.317. The van der Waals surface area contributed by atoms with E-state index in [-0.39, 0.29) is 12.4 Å². The lowest BCUT2D eigenvalue weighted by Gasteiger charge is -2.03. The summed E-state index contributed by atoms with van der Waals surface area (Å²) in [6.07, 6.45) is 7.26. The van der Waals surface area contributed by atoms with Crippen LogP contribution in [-0.2, 0) is 0 Å². The van der Waals surface area contributed by atoms with Crippen LogP contribution in [0.1, 0.15) is 31.2 Å². The molecular weight excluding hydrogens is 226 g/mol. The molecule has 0 aliphatic rings. The fraction of sp³-hybridized carbons (Fsp3) is 0.455.